The molecule has 7 nitrogen and oxygen atoms in total. The van der Waals surface area contributed by atoms with E-state index in [4.69, 9.17) is 17.0 Å². The zero-order valence-corrected chi connectivity index (χ0v) is 15.0. The number of allylic oxidation sites excluding steroid dienone is 1. The minimum atomic E-state index is -1.16. The van der Waals surface area contributed by atoms with Gasteiger partial charge in [0.15, 0.2) is 0 Å². The Balaban J connectivity index is 1.98. The fourth-order valence-corrected chi connectivity index (χ4v) is 3.41. The summed E-state index contributed by atoms with van der Waals surface area (Å²) >= 11 is 0. The number of carbonyl (C=O) groups is 1. The van der Waals surface area contributed by atoms with Gasteiger partial charge in [-0.05, 0) is 45.6 Å². The summed E-state index contributed by atoms with van der Waals surface area (Å²) in [7, 11) is 0. The molecule has 1 atom stereocenters. The van der Waals surface area contributed by atoms with Crippen LogP contribution in [0.25, 0.3) is 0 Å². The highest BCUT2D eigenvalue weighted by molar-refractivity contribution is 5.97. The molecular weight excluding hydrogens is 323 g/mol. The molecule has 6 N–H and O–H groups in total. The van der Waals surface area contributed by atoms with Crippen LogP contribution in [-0.2, 0) is 0 Å². The summed E-state index contributed by atoms with van der Waals surface area (Å²) in [4.78, 5) is 14.2. The lowest BCUT2D eigenvalue weighted by Gasteiger charge is -2.41. The molecule has 1 saturated heterocycles. The minimum absolute atomic E-state index is 0.0993. The quantitative estimate of drug-likeness (QED) is 0.345. The second kappa shape index (κ2) is 7.43. The molecule has 1 saturated carbocycles. The summed E-state index contributed by atoms with van der Waals surface area (Å²) in [6.07, 6.45) is 3.65. The number of halogens is 1. The van der Waals surface area contributed by atoms with Crippen molar-refractivity contribution >= 4 is 11.9 Å². The molecule has 0 radical (unpaired) electrons. The Labute approximate surface area is 148 Å². The monoisotopic (exact) mass is 352 g/mol. The third kappa shape index (κ3) is 4.72. The average Bonchev–Trinajstić information content (AvgIpc) is 2.50. The SMILES string of the molecule is C=C(N)/C=C1/C(C)N(C(=O)NC(=N)C2CCC(C)(F)CC2)CCN1N. The molecule has 25 heavy (non-hydrogen) atoms. The van der Waals surface area contributed by atoms with E-state index in [2.05, 4.69) is 11.9 Å². The van der Waals surface area contributed by atoms with Crippen LogP contribution in [0.5, 0.6) is 0 Å². The summed E-state index contributed by atoms with van der Waals surface area (Å²) in [6, 6.07) is -0.625. The van der Waals surface area contributed by atoms with E-state index >= 15 is 0 Å². The van der Waals surface area contributed by atoms with Crippen molar-refractivity contribution in [3.05, 3.63) is 24.0 Å². The van der Waals surface area contributed by atoms with E-state index in [-0.39, 0.29) is 23.8 Å². The van der Waals surface area contributed by atoms with Crippen molar-refractivity contribution in [2.75, 3.05) is 13.1 Å². The number of amidine groups is 1. The molecule has 0 aromatic carbocycles. The molecule has 2 rings (SSSR count). The minimum Gasteiger partial charge on any atom is -0.399 e. The van der Waals surface area contributed by atoms with Crippen LogP contribution in [0.3, 0.4) is 0 Å². The Bertz CT molecular complexity index is 578. The van der Waals surface area contributed by atoms with E-state index in [0.717, 1.165) is 0 Å². The van der Waals surface area contributed by atoms with Crippen LogP contribution in [0.1, 0.15) is 39.5 Å². The molecule has 140 valence electrons. The number of nitrogens with two attached hydrogens (primary N) is 2. The second-order valence-corrected chi connectivity index (χ2v) is 7.24. The molecule has 2 amide bonds. The van der Waals surface area contributed by atoms with E-state index in [9.17, 15) is 9.18 Å². The molecule has 1 aliphatic heterocycles. The van der Waals surface area contributed by atoms with Gasteiger partial charge in [-0.3, -0.25) is 10.7 Å². The number of carbonyl (C=O) groups excluding carboxylic acids is 1. The highest BCUT2D eigenvalue weighted by atomic mass is 19.1. The lowest BCUT2D eigenvalue weighted by atomic mass is 9.80. The average molecular weight is 352 g/mol. The normalized spacial score (nSPS) is 31.8. The Kier molecular flexibility index (Phi) is 5.72. The summed E-state index contributed by atoms with van der Waals surface area (Å²) in [5, 5.41) is 12.4. The number of urea groups is 1. The van der Waals surface area contributed by atoms with Gasteiger partial charge in [-0.1, -0.05) is 6.58 Å². The number of hydrogen-bond donors (Lipinski definition) is 4. The first-order chi connectivity index (χ1) is 11.6. The van der Waals surface area contributed by atoms with E-state index in [1.165, 1.54) is 0 Å². The third-order valence-corrected chi connectivity index (χ3v) is 5.08. The van der Waals surface area contributed by atoms with Crippen LogP contribution in [0.2, 0.25) is 0 Å². The fourth-order valence-electron chi connectivity index (χ4n) is 3.41. The number of hydrogen-bond acceptors (Lipinski definition) is 5. The predicted octanol–water partition coefficient (Wildman–Crippen LogP) is 1.83. The summed E-state index contributed by atoms with van der Waals surface area (Å²) in [6.45, 7) is 8.00. The van der Waals surface area contributed by atoms with Crippen LogP contribution in [0.4, 0.5) is 9.18 Å². The summed E-state index contributed by atoms with van der Waals surface area (Å²) in [5.41, 5.74) is 5.54. The van der Waals surface area contributed by atoms with Crippen molar-refractivity contribution in [2.24, 2.45) is 17.5 Å². The zero-order valence-electron chi connectivity index (χ0n) is 15.0. The molecule has 0 aromatic heterocycles. The molecule has 1 unspecified atom stereocenters. The van der Waals surface area contributed by atoms with Gasteiger partial charge in [-0.15, -0.1) is 0 Å². The van der Waals surface area contributed by atoms with Gasteiger partial charge in [0.25, 0.3) is 0 Å². The maximum Gasteiger partial charge on any atom is 0.323 e. The second-order valence-electron chi connectivity index (χ2n) is 7.24. The predicted molar refractivity (Wildman–Crippen MR) is 96.2 cm³/mol. The molecule has 0 aromatic rings. The van der Waals surface area contributed by atoms with Gasteiger partial charge >= 0.3 is 6.03 Å². The Hall–Kier alpha value is -2.09. The van der Waals surface area contributed by atoms with Crippen molar-refractivity contribution in [2.45, 2.75) is 51.2 Å². The van der Waals surface area contributed by atoms with Crippen LogP contribution in [0.15, 0.2) is 24.0 Å². The number of amides is 2. The van der Waals surface area contributed by atoms with Crippen molar-refractivity contribution in [1.82, 2.24) is 15.2 Å². The van der Waals surface area contributed by atoms with Crippen molar-refractivity contribution in [3.63, 3.8) is 0 Å². The molecule has 2 fully saturated rings. The molecule has 1 heterocycles. The number of alkyl halides is 1. The first-order valence-electron chi connectivity index (χ1n) is 8.64. The van der Waals surface area contributed by atoms with Crippen LogP contribution in [-0.4, -0.2) is 46.6 Å². The van der Waals surface area contributed by atoms with E-state index in [0.29, 0.717) is 50.2 Å². The number of nitrogens with one attached hydrogen (secondary N) is 2. The molecule has 2 aliphatic rings. The summed E-state index contributed by atoms with van der Waals surface area (Å²) in [5.74, 6) is 6.02. The smallest absolute Gasteiger partial charge is 0.323 e. The van der Waals surface area contributed by atoms with Gasteiger partial charge in [0.1, 0.15) is 11.5 Å². The topological polar surface area (TPSA) is 111 Å². The van der Waals surface area contributed by atoms with Crippen LogP contribution in [0, 0.1) is 11.3 Å². The maximum absolute atomic E-state index is 13.9. The largest absolute Gasteiger partial charge is 0.399 e. The maximum atomic E-state index is 13.9. The first kappa shape index (κ1) is 19.2. The molecule has 0 spiro atoms. The Morgan fingerprint density at radius 2 is 2.04 bits per heavy atom. The highest BCUT2D eigenvalue weighted by Gasteiger charge is 2.35. The van der Waals surface area contributed by atoms with Crippen molar-refractivity contribution in [1.29, 1.82) is 5.41 Å². The number of hydrazine groups is 1. The summed E-state index contributed by atoms with van der Waals surface area (Å²) < 4.78 is 13.9. The lowest BCUT2D eigenvalue weighted by molar-refractivity contribution is 0.116. The van der Waals surface area contributed by atoms with E-state index < -0.39 is 5.67 Å². The lowest BCUT2D eigenvalue weighted by Crippen LogP contribution is -2.58. The van der Waals surface area contributed by atoms with Crippen LogP contribution < -0.4 is 16.9 Å². The van der Waals surface area contributed by atoms with Crippen LogP contribution >= 0.6 is 0 Å². The highest BCUT2D eigenvalue weighted by Crippen LogP contribution is 2.34. The van der Waals surface area contributed by atoms with Gasteiger partial charge in [-0.25, -0.2) is 15.0 Å². The van der Waals surface area contributed by atoms with E-state index in [1.54, 1.807) is 22.9 Å². The molecule has 1 aliphatic carbocycles. The zero-order chi connectivity index (χ0) is 18.8. The molecule has 0 bridgehead atoms. The third-order valence-electron chi connectivity index (χ3n) is 5.08. The fraction of sp³-hybridized carbons (Fsp3) is 0.647. The van der Waals surface area contributed by atoms with Crippen molar-refractivity contribution < 1.29 is 9.18 Å². The molecule has 8 heteroatoms. The van der Waals surface area contributed by atoms with Gasteiger partial charge in [0.2, 0.25) is 0 Å². The van der Waals surface area contributed by atoms with Gasteiger partial charge in [0.05, 0.1) is 18.3 Å². The Morgan fingerprint density at radius 1 is 1.44 bits per heavy atom. The van der Waals surface area contributed by atoms with Crippen molar-refractivity contribution in [3.8, 4) is 0 Å². The molecular formula is C17H29FN6O. The van der Waals surface area contributed by atoms with Gasteiger partial charge in [0, 0.05) is 18.2 Å². The van der Waals surface area contributed by atoms with Gasteiger partial charge in [-0.2, -0.15) is 0 Å². The Morgan fingerprint density at radius 3 is 2.60 bits per heavy atom. The number of rotatable bonds is 2. The first-order valence-corrected chi connectivity index (χ1v) is 8.64. The standard InChI is InChI=1S/C17H29FN6O/c1-11(19)10-14-12(2)23(8-9-24(14)21)16(25)22-15(20)13-4-6-17(3,18)7-5-13/h10,12-13H,1,4-9,19,21H2,2-3H3,(H2,20,22,25)/b14-10-. The van der Waals surface area contributed by atoms with E-state index in [1.807, 2.05) is 6.92 Å². The van der Waals surface area contributed by atoms with Gasteiger partial charge < -0.3 is 15.6 Å². The number of piperazine rings is 1. The number of nitrogens with zero attached hydrogens (tertiary/aromatic N) is 2.